The van der Waals surface area contributed by atoms with Gasteiger partial charge in [-0.3, -0.25) is 0 Å². The molecule has 2 rings (SSSR count). The minimum absolute atomic E-state index is 0.836. The number of piperidine rings is 2. The summed E-state index contributed by atoms with van der Waals surface area (Å²) in [5.41, 5.74) is 0. The van der Waals surface area contributed by atoms with Gasteiger partial charge in [-0.2, -0.15) is 0 Å². The second kappa shape index (κ2) is 6.58. The molecule has 0 saturated carbocycles. The van der Waals surface area contributed by atoms with Crippen LogP contribution in [0.1, 0.15) is 32.1 Å². The molecule has 0 atom stereocenters. The summed E-state index contributed by atoms with van der Waals surface area (Å²) >= 11 is 0. The summed E-state index contributed by atoms with van der Waals surface area (Å²) in [6.07, 6.45) is 6.85. The Labute approximate surface area is 100.0 Å². The van der Waals surface area contributed by atoms with E-state index in [9.17, 15) is 0 Å². The van der Waals surface area contributed by atoms with Crippen molar-refractivity contribution < 1.29 is 0 Å². The van der Waals surface area contributed by atoms with Crippen LogP contribution in [0.3, 0.4) is 0 Å². The molecule has 16 heavy (non-hydrogen) atoms. The Morgan fingerprint density at radius 2 is 1.50 bits per heavy atom. The van der Waals surface area contributed by atoms with Crippen LogP contribution in [0.4, 0.5) is 0 Å². The first-order valence-electron chi connectivity index (χ1n) is 6.98. The Balaban J connectivity index is 1.63. The van der Waals surface area contributed by atoms with Crippen molar-refractivity contribution >= 4 is 0 Å². The van der Waals surface area contributed by atoms with Crippen molar-refractivity contribution in [2.75, 3.05) is 39.8 Å². The van der Waals surface area contributed by atoms with E-state index in [1.807, 2.05) is 0 Å². The van der Waals surface area contributed by atoms with Gasteiger partial charge in [-0.25, -0.2) is 0 Å². The maximum Gasteiger partial charge on any atom is 0.0116 e. The number of nitrogens with one attached hydrogen (secondary N) is 2. The molecule has 2 aliphatic rings. The predicted octanol–water partition coefficient (Wildman–Crippen LogP) is 1.06. The lowest BCUT2D eigenvalue weighted by atomic mass is 9.94. The number of rotatable bonds is 4. The first-order valence-corrected chi connectivity index (χ1v) is 6.98. The Bertz CT molecular complexity index is 184. The van der Waals surface area contributed by atoms with E-state index in [0.29, 0.717) is 0 Å². The molecule has 2 fully saturated rings. The average molecular weight is 225 g/mol. The van der Waals surface area contributed by atoms with Crippen LogP contribution >= 0.6 is 0 Å². The van der Waals surface area contributed by atoms with Crippen LogP contribution in [0.25, 0.3) is 0 Å². The second-order valence-corrected chi connectivity index (χ2v) is 5.44. The molecule has 0 bridgehead atoms. The number of nitrogens with zero attached hydrogens (tertiary/aromatic N) is 1. The second-order valence-electron chi connectivity index (χ2n) is 5.44. The molecule has 2 N–H and O–H groups in total. The normalized spacial score (nSPS) is 25.1. The van der Waals surface area contributed by atoms with E-state index in [4.69, 9.17) is 0 Å². The third kappa shape index (κ3) is 3.72. The Morgan fingerprint density at radius 3 is 2.12 bits per heavy atom. The highest BCUT2D eigenvalue weighted by atomic mass is 15.1. The average Bonchev–Trinajstić information content (AvgIpc) is 2.38. The highest BCUT2D eigenvalue weighted by Crippen LogP contribution is 2.18. The molecule has 2 saturated heterocycles. The van der Waals surface area contributed by atoms with Gasteiger partial charge in [0, 0.05) is 6.04 Å². The lowest BCUT2D eigenvalue weighted by molar-refractivity contribution is 0.180. The lowest BCUT2D eigenvalue weighted by Crippen LogP contribution is -2.42. The molecule has 0 unspecified atom stereocenters. The van der Waals surface area contributed by atoms with Gasteiger partial charge in [0.05, 0.1) is 0 Å². The molecule has 0 aromatic heterocycles. The quantitative estimate of drug-likeness (QED) is 0.749. The van der Waals surface area contributed by atoms with Crippen LogP contribution in [-0.2, 0) is 0 Å². The van der Waals surface area contributed by atoms with Crippen molar-refractivity contribution in [2.24, 2.45) is 5.92 Å². The third-order valence-corrected chi connectivity index (χ3v) is 4.28. The van der Waals surface area contributed by atoms with Crippen molar-refractivity contribution in [3.8, 4) is 0 Å². The van der Waals surface area contributed by atoms with Crippen LogP contribution in [0.15, 0.2) is 0 Å². The topological polar surface area (TPSA) is 27.3 Å². The molecular formula is C13H27N3. The molecule has 94 valence electrons. The molecular weight excluding hydrogens is 198 g/mol. The van der Waals surface area contributed by atoms with E-state index >= 15 is 0 Å². The molecule has 3 nitrogen and oxygen atoms in total. The summed E-state index contributed by atoms with van der Waals surface area (Å²) in [4.78, 5) is 2.60. The lowest BCUT2D eigenvalue weighted by Gasteiger charge is -2.33. The van der Waals surface area contributed by atoms with Gasteiger partial charge in [0.25, 0.3) is 0 Å². The van der Waals surface area contributed by atoms with Gasteiger partial charge in [-0.1, -0.05) is 0 Å². The highest BCUT2D eigenvalue weighted by molar-refractivity contribution is 4.77. The molecule has 0 spiro atoms. The van der Waals surface area contributed by atoms with Gasteiger partial charge in [-0.15, -0.1) is 0 Å². The molecule has 0 aromatic carbocycles. The zero-order valence-electron chi connectivity index (χ0n) is 10.7. The Hall–Kier alpha value is -0.120. The zero-order valence-corrected chi connectivity index (χ0v) is 10.7. The van der Waals surface area contributed by atoms with Crippen molar-refractivity contribution in [3.63, 3.8) is 0 Å². The minimum atomic E-state index is 0.836. The molecule has 0 radical (unpaired) electrons. The first-order chi connectivity index (χ1) is 7.86. The van der Waals surface area contributed by atoms with Crippen LogP contribution < -0.4 is 10.6 Å². The van der Waals surface area contributed by atoms with E-state index in [-0.39, 0.29) is 0 Å². The summed E-state index contributed by atoms with van der Waals surface area (Å²) in [5.74, 6) is 0.977. The molecule has 0 amide bonds. The Morgan fingerprint density at radius 1 is 0.938 bits per heavy atom. The van der Waals surface area contributed by atoms with Gasteiger partial charge in [-0.05, 0) is 77.8 Å². The highest BCUT2D eigenvalue weighted by Gasteiger charge is 2.19. The zero-order chi connectivity index (χ0) is 11.2. The third-order valence-electron chi connectivity index (χ3n) is 4.28. The first kappa shape index (κ1) is 12.3. The molecule has 0 aromatic rings. The molecule has 0 aliphatic carbocycles. The predicted molar refractivity (Wildman–Crippen MR) is 68.7 cm³/mol. The van der Waals surface area contributed by atoms with Crippen LogP contribution in [0.2, 0.25) is 0 Å². The van der Waals surface area contributed by atoms with E-state index in [2.05, 4.69) is 22.6 Å². The smallest absolute Gasteiger partial charge is 0.0116 e. The number of hydrogen-bond acceptors (Lipinski definition) is 3. The van der Waals surface area contributed by atoms with Crippen LogP contribution in [0.5, 0.6) is 0 Å². The molecule has 2 heterocycles. The summed E-state index contributed by atoms with van der Waals surface area (Å²) in [7, 11) is 2.32. The van der Waals surface area contributed by atoms with Gasteiger partial charge < -0.3 is 15.5 Å². The number of hydrogen-bond donors (Lipinski definition) is 2. The van der Waals surface area contributed by atoms with Gasteiger partial charge in [0.15, 0.2) is 0 Å². The fourth-order valence-electron chi connectivity index (χ4n) is 2.99. The van der Waals surface area contributed by atoms with Crippen molar-refractivity contribution in [1.29, 1.82) is 0 Å². The van der Waals surface area contributed by atoms with Gasteiger partial charge >= 0.3 is 0 Å². The standard InChI is InChI=1S/C13H27N3/c1-16(13-4-9-15-10-5-13)11-6-12-2-7-14-8-3-12/h12-15H,2-11H2,1H3. The fraction of sp³-hybridized carbons (Fsp3) is 1.00. The van der Waals surface area contributed by atoms with E-state index in [0.717, 1.165) is 12.0 Å². The van der Waals surface area contributed by atoms with E-state index in [1.165, 1.54) is 64.8 Å². The summed E-state index contributed by atoms with van der Waals surface area (Å²) < 4.78 is 0. The molecule has 2 aliphatic heterocycles. The maximum absolute atomic E-state index is 3.44. The molecule has 3 heteroatoms. The van der Waals surface area contributed by atoms with Gasteiger partial charge in [0.1, 0.15) is 0 Å². The largest absolute Gasteiger partial charge is 0.317 e. The SMILES string of the molecule is CN(CCC1CCNCC1)C1CCNCC1. The van der Waals surface area contributed by atoms with E-state index in [1.54, 1.807) is 0 Å². The summed E-state index contributed by atoms with van der Waals surface area (Å²) in [6.45, 7) is 6.20. The summed E-state index contributed by atoms with van der Waals surface area (Å²) in [5, 5.41) is 6.88. The van der Waals surface area contributed by atoms with Crippen LogP contribution in [0, 0.1) is 5.92 Å². The minimum Gasteiger partial charge on any atom is -0.317 e. The maximum atomic E-state index is 3.44. The Kier molecular flexibility index (Phi) is 5.07. The fourth-order valence-corrected chi connectivity index (χ4v) is 2.99. The van der Waals surface area contributed by atoms with E-state index < -0.39 is 0 Å². The monoisotopic (exact) mass is 225 g/mol. The summed E-state index contributed by atoms with van der Waals surface area (Å²) in [6, 6.07) is 0.836. The van der Waals surface area contributed by atoms with Crippen LogP contribution in [-0.4, -0.2) is 50.7 Å². The van der Waals surface area contributed by atoms with Crippen molar-refractivity contribution in [1.82, 2.24) is 15.5 Å². The van der Waals surface area contributed by atoms with Crippen molar-refractivity contribution in [2.45, 2.75) is 38.1 Å². The van der Waals surface area contributed by atoms with Crippen molar-refractivity contribution in [3.05, 3.63) is 0 Å². The van der Waals surface area contributed by atoms with Gasteiger partial charge in [0.2, 0.25) is 0 Å².